The fourth-order valence-corrected chi connectivity index (χ4v) is 7.93. The van der Waals surface area contributed by atoms with Crippen molar-refractivity contribution in [3.63, 3.8) is 0 Å². The maximum atomic E-state index is 13.4. The van der Waals surface area contributed by atoms with E-state index in [1.54, 1.807) is 43.1 Å². The number of halogens is 1. The SMILES string of the molecule is CNC(=O)[C@@H]1[C@H]2C(=O)N(CCO)C(C(=O)Nc3ccccc3Cl)C23CC[C@@]1(C)S3. The van der Waals surface area contributed by atoms with Crippen LogP contribution in [0.2, 0.25) is 5.02 Å². The van der Waals surface area contributed by atoms with Crippen molar-refractivity contribution in [2.75, 3.05) is 25.5 Å². The van der Waals surface area contributed by atoms with Gasteiger partial charge in [0.25, 0.3) is 0 Å². The molecule has 1 aromatic rings. The first-order valence-corrected chi connectivity index (χ1v) is 10.9. The number of nitrogens with one attached hydrogen (secondary N) is 2. The van der Waals surface area contributed by atoms with E-state index in [2.05, 4.69) is 10.6 Å². The molecule has 3 heterocycles. The van der Waals surface area contributed by atoms with Crippen LogP contribution in [0.1, 0.15) is 19.8 Å². The van der Waals surface area contributed by atoms with Crippen LogP contribution in [0.3, 0.4) is 0 Å². The Hall–Kier alpha value is -1.77. The number of likely N-dealkylation sites (tertiary alicyclic amines) is 1. The molecule has 3 aliphatic heterocycles. The van der Waals surface area contributed by atoms with Gasteiger partial charge in [0.1, 0.15) is 6.04 Å². The number of hydrogen-bond acceptors (Lipinski definition) is 5. The second-order valence-electron chi connectivity index (χ2n) is 8.07. The number of para-hydroxylation sites is 1. The lowest BCUT2D eigenvalue weighted by Gasteiger charge is -2.34. The van der Waals surface area contributed by atoms with Gasteiger partial charge in [0, 0.05) is 18.3 Å². The summed E-state index contributed by atoms with van der Waals surface area (Å²) in [6, 6.07) is 6.16. The fraction of sp³-hybridized carbons (Fsp3) is 0.550. The standard InChI is InChI=1S/C20H24ClN3O4S/c1-19-7-8-20(29-19)14(13(19)16(26)22-2)18(28)24(9-10-25)15(20)17(27)23-12-6-4-3-5-11(12)21/h3-6,13-15,25H,7-10H2,1-2H3,(H,22,26)(H,23,27)/t13-,14-,15?,19+,20?/m0/s1. The number of β-amino-alcohol motifs (C(OH)–C–C–N with tert-alkyl or cyclic N) is 1. The summed E-state index contributed by atoms with van der Waals surface area (Å²) in [6.45, 7) is 1.81. The maximum absolute atomic E-state index is 13.4. The number of hydrogen-bond donors (Lipinski definition) is 3. The molecule has 1 spiro atoms. The molecule has 4 rings (SSSR count). The molecule has 3 amide bonds. The van der Waals surface area contributed by atoms with Gasteiger partial charge in [0.15, 0.2) is 0 Å². The highest BCUT2D eigenvalue weighted by atomic mass is 35.5. The number of nitrogens with zero attached hydrogens (tertiary/aromatic N) is 1. The van der Waals surface area contributed by atoms with Crippen molar-refractivity contribution in [2.24, 2.45) is 11.8 Å². The lowest BCUT2D eigenvalue weighted by Crippen LogP contribution is -2.52. The van der Waals surface area contributed by atoms with Gasteiger partial charge in [-0.3, -0.25) is 14.4 Å². The predicted octanol–water partition coefficient (Wildman–Crippen LogP) is 1.50. The summed E-state index contributed by atoms with van der Waals surface area (Å²) in [5.41, 5.74) is 0.474. The first kappa shape index (κ1) is 20.5. The van der Waals surface area contributed by atoms with Crippen LogP contribution in [0.5, 0.6) is 0 Å². The van der Waals surface area contributed by atoms with Crippen molar-refractivity contribution in [1.29, 1.82) is 0 Å². The lowest BCUT2D eigenvalue weighted by atomic mass is 9.66. The number of carbonyl (C=O) groups is 3. The largest absolute Gasteiger partial charge is 0.395 e. The van der Waals surface area contributed by atoms with Gasteiger partial charge < -0.3 is 20.6 Å². The van der Waals surface area contributed by atoms with Crippen LogP contribution in [-0.2, 0) is 14.4 Å². The van der Waals surface area contributed by atoms with E-state index in [4.69, 9.17) is 11.6 Å². The van der Waals surface area contributed by atoms with E-state index in [9.17, 15) is 19.5 Å². The molecular formula is C20H24ClN3O4S. The highest BCUT2D eigenvalue weighted by molar-refractivity contribution is 8.02. The first-order valence-electron chi connectivity index (χ1n) is 9.67. The van der Waals surface area contributed by atoms with E-state index >= 15 is 0 Å². The van der Waals surface area contributed by atoms with E-state index < -0.39 is 27.4 Å². The Morgan fingerprint density at radius 1 is 1.31 bits per heavy atom. The zero-order valence-corrected chi connectivity index (χ0v) is 17.8. The third-order valence-electron chi connectivity index (χ3n) is 6.53. The molecule has 0 aromatic heterocycles. The zero-order valence-electron chi connectivity index (χ0n) is 16.3. The van der Waals surface area contributed by atoms with E-state index in [1.807, 2.05) is 6.92 Å². The summed E-state index contributed by atoms with van der Waals surface area (Å²) in [4.78, 5) is 41.0. The van der Waals surface area contributed by atoms with Crippen LogP contribution in [0, 0.1) is 11.8 Å². The Morgan fingerprint density at radius 3 is 2.69 bits per heavy atom. The highest BCUT2D eigenvalue weighted by Crippen LogP contribution is 2.71. The Morgan fingerprint density at radius 2 is 2.03 bits per heavy atom. The summed E-state index contributed by atoms with van der Waals surface area (Å²) < 4.78 is -1.09. The van der Waals surface area contributed by atoms with Gasteiger partial charge in [-0.2, -0.15) is 0 Å². The number of benzene rings is 1. The molecule has 1 aromatic carbocycles. The van der Waals surface area contributed by atoms with Gasteiger partial charge in [-0.1, -0.05) is 23.7 Å². The van der Waals surface area contributed by atoms with Gasteiger partial charge in [-0.05, 0) is 31.9 Å². The third kappa shape index (κ3) is 2.87. The van der Waals surface area contributed by atoms with Crippen LogP contribution in [0.15, 0.2) is 24.3 Å². The minimum Gasteiger partial charge on any atom is -0.395 e. The van der Waals surface area contributed by atoms with Crippen LogP contribution in [0.4, 0.5) is 5.69 Å². The number of aliphatic hydroxyl groups excluding tert-OH is 1. The van der Waals surface area contributed by atoms with Crippen molar-refractivity contribution in [3.8, 4) is 0 Å². The number of anilines is 1. The van der Waals surface area contributed by atoms with E-state index in [1.165, 1.54) is 4.90 Å². The molecule has 0 saturated carbocycles. The molecule has 29 heavy (non-hydrogen) atoms. The highest BCUT2D eigenvalue weighted by Gasteiger charge is 2.76. The number of carbonyl (C=O) groups excluding carboxylic acids is 3. The van der Waals surface area contributed by atoms with Gasteiger partial charge in [-0.25, -0.2) is 0 Å². The average molecular weight is 438 g/mol. The Labute approximate surface area is 178 Å². The molecule has 5 atom stereocenters. The molecular weight excluding hydrogens is 414 g/mol. The topological polar surface area (TPSA) is 98.7 Å². The molecule has 2 bridgehead atoms. The number of thioether (sulfide) groups is 1. The van der Waals surface area contributed by atoms with Gasteiger partial charge in [-0.15, -0.1) is 11.8 Å². The molecule has 3 fully saturated rings. The number of aliphatic hydroxyl groups is 1. The second-order valence-corrected chi connectivity index (χ2v) is 10.4. The van der Waals surface area contributed by atoms with Crippen molar-refractivity contribution in [2.45, 2.75) is 35.3 Å². The number of fused-ring (bicyclic) bond motifs is 1. The summed E-state index contributed by atoms with van der Waals surface area (Å²) in [5, 5.41) is 15.5. The van der Waals surface area contributed by atoms with Crippen LogP contribution in [-0.4, -0.2) is 63.5 Å². The van der Waals surface area contributed by atoms with Gasteiger partial charge in [0.05, 0.1) is 33.9 Å². The monoisotopic (exact) mass is 437 g/mol. The minimum atomic E-state index is -0.773. The van der Waals surface area contributed by atoms with E-state index in [-0.39, 0.29) is 30.9 Å². The molecule has 0 aliphatic carbocycles. The maximum Gasteiger partial charge on any atom is 0.248 e. The van der Waals surface area contributed by atoms with Crippen LogP contribution in [0.25, 0.3) is 0 Å². The van der Waals surface area contributed by atoms with Crippen molar-refractivity contribution >= 4 is 46.8 Å². The Bertz CT molecular complexity index is 883. The van der Waals surface area contributed by atoms with Crippen molar-refractivity contribution < 1.29 is 19.5 Å². The van der Waals surface area contributed by atoms with E-state index in [0.717, 1.165) is 6.42 Å². The molecule has 2 unspecified atom stereocenters. The summed E-state index contributed by atoms with van der Waals surface area (Å²) in [6.07, 6.45) is 1.42. The van der Waals surface area contributed by atoms with Gasteiger partial charge >= 0.3 is 0 Å². The third-order valence-corrected chi connectivity index (χ3v) is 8.84. The zero-order chi connectivity index (χ0) is 21.0. The number of rotatable bonds is 5. The molecule has 3 saturated heterocycles. The quantitative estimate of drug-likeness (QED) is 0.648. The molecule has 3 N–H and O–H groups in total. The molecule has 7 nitrogen and oxygen atoms in total. The van der Waals surface area contributed by atoms with Crippen LogP contribution < -0.4 is 10.6 Å². The summed E-state index contributed by atoms with van der Waals surface area (Å²) in [7, 11) is 1.57. The van der Waals surface area contributed by atoms with E-state index in [0.29, 0.717) is 17.1 Å². The second kappa shape index (κ2) is 7.18. The smallest absolute Gasteiger partial charge is 0.248 e. The molecule has 0 radical (unpaired) electrons. The molecule has 156 valence electrons. The lowest BCUT2D eigenvalue weighted by molar-refractivity contribution is -0.140. The summed E-state index contributed by atoms with van der Waals surface area (Å²) in [5.74, 6) is -1.83. The van der Waals surface area contributed by atoms with Gasteiger partial charge in [0.2, 0.25) is 17.7 Å². The fourth-order valence-electron chi connectivity index (χ4n) is 5.39. The number of amides is 3. The minimum absolute atomic E-state index is 0.0510. The van der Waals surface area contributed by atoms with Crippen molar-refractivity contribution in [3.05, 3.63) is 29.3 Å². The Kier molecular flexibility index (Phi) is 5.07. The molecule has 9 heteroatoms. The Balaban J connectivity index is 1.74. The predicted molar refractivity (Wildman–Crippen MR) is 112 cm³/mol. The molecule has 3 aliphatic rings. The van der Waals surface area contributed by atoms with Crippen molar-refractivity contribution in [1.82, 2.24) is 10.2 Å². The van der Waals surface area contributed by atoms with Crippen LogP contribution >= 0.6 is 23.4 Å². The normalized spacial score (nSPS) is 35.0. The average Bonchev–Trinajstić information content (AvgIpc) is 3.25. The summed E-state index contributed by atoms with van der Waals surface area (Å²) >= 11 is 7.79. The first-order chi connectivity index (χ1) is 13.8.